The Labute approximate surface area is 197 Å². The molecular formula is C24H18BrN3O5. The van der Waals surface area contributed by atoms with Gasteiger partial charge in [-0.15, -0.1) is 0 Å². The van der Waals surface area contributed by atoms with E-state index in [1.165, 1.54) is 24.0 Å². The number of halogens is 1. The summed E-state index contributed by atoms with van der Waals surface area (Å²) in [6.07, 6.45) is 5.07. The molecule has 3 heterocycles. The minimum atomic E-state index is -0.933. The van der Waals surface area contributed by atoms with E-state index in [9.17, 15) is 19.2 Å². The summed E-state index contributed by atoms with van der Waals surface area (Å²) in [5.74, 6) is -2.82. The van der Waals surface area contributed by atoms with Gasteiger partial charge in [-0.3, -0.25) is 24.2 Å². The lowest BCUT2D eigenvalue weighted by Gasteiger charge is -2.30. The van der Waals surface area contributed by atoms with E-state index in [4.69, 9.17) is 4.74 Å². The second kappa shape index (κ2) is 8.08. The van der Waals surface area contributed by atoms with Crippen molar-refractivity contribution in [3.8, 4) is 5.75 Å². The summed E-state index contributed by atoms with van der Waals surface area (Å²) < 4.78 is 5.86. The maximum atomic E-state index is 13.6. The molecule has 4 atom stereocenters. The van der Waals surface area contributed by atoms with Crippen molar-refractivity contribution >= 4 is 51.4 Å². The molecule has 33 heavy (non-hydrogen) atoms. The van der Waals surface area contributed by atoms with Crippen molar-refractivity contribution in [1.82, 2.24) is 5.01 Å². The SMILES string of the molecule is CC(=O)Oc1ccc(C(=O)[C@H]2[C@H]3C(=O)N(c4ccc(Br)cc4)C(=O)[C@H]3[C@@H]3C=CC=NN32)cc1. The molecule has 9 heteroatoms. The summed E-state index contributed by atoms with van der Waals surface area (Å²) in [6, 6.07) is 11.6. The van der Waals surface area contributed by atoms with E-state index < -0.39 is 35.8 Å². The molecule has 0 radical (unpaired) electrons. The quantitative estimate of drug-likeness (QED) is 0.273. The Kier molecular flexibility index (Phi) is 5.20. The van der Waals surface area contributed by atoms with Gasteiger partial charge in [-0.2, -0.15) is 5.10 Å². The highest BCUT2D eigenvalue weighted by atomic mass is 79.9. The van der Waals surface area contributed by atoms with Crippen LogP contribution in [0.5, 0.6) is 5.75 Å². The van der Waals surface area contributed by atoms with Gasteiger partial charge in [0.1, 0.15) is 11.8 Å². The normalized spacial score (nSPS) is 25.3. The van der Waals surface area contributed by atoms with E-state index in [0.29, 0.717) is 17.0 Å². The maximum absolute atomic E-state index is 13.6. The van der Waals surface area contributed by atoms with Gasteiger partial charge in [0, 0.05) is 23.2 Å². The molecule has 2 aromatic rings. The van der Waals surface area contributed by atoms with Crippen molar-refractivity contribution in [2.24, 2.45) is 16.9 Å². The first-order chi connectivity index (χ1) is 15.9. The zero-order chi connectivity index (χ0) is 23.3. The average molecular weight is 508 g/mol. The van der Waals surface area contributed by atoms with Crippen molar-refractivity contribution in [1.29, 1.82) is 0 Å². The maximum Gasteiger partial charge on any atom is 0.308 e. The van der Waals surface area contributed by atoms with Gasteiger partial charge < -0.3 is 4.74 Å². The molecule has 5 rings (SSSR count). The Morgan fingerprint density at radius 3 is 2.30 bits per heavy atom. The van der Waals surface area contributed by atoms with E-state index >= 15 is 0 Å². The highest BCUT2D eigenvalue weighted by Crippen LogP contribution is 2.46. The number of esters is 1. The number of hydrazone groups is 1. The third-order valence-electron chi connectivity index (χ3n) is 6.04. The highest BCUT2D eigenvalue weighted by Gasteiger charge is 2.64. The number of fused-ring (bicyclic) bond motifs is 3. The molecular weight excluding hydrogens is 490 g/mol. The van der Waals surface area contributed by atoms with Crippen LogP contribution >= 0.6 is 15.9 Å². The summed E-state index contributed by atoms with van der Waals surface area (Å²) in [5, 5.41) is 5.90. The van der Waals surface area contributed by atoms with E-state index in [-0.39, 0.29) is 11.7 Å². The van der Waals surface area contributed by atoms with Gasteiger partial charge in [0.05, 0.1) is 23.6 Å². The molecule has 166 valence electrons. The van der Waals surface area contributed by atoms with Crippen LogP contribution in [0, 0.1) is 11.8 Å². The number of allylic oxidation sites excluding steroid dienone is 1. The molecule has 2 amide bonds. The third-order valence-corrected chi connectivity index (χ3v) is 6.57. The number of Topliss-reactive ketones (excluding diaryl/α,β-unsaturated/α-hetero) is 1. The van der Waals surface area contributed by atoms with Crippen LogP contribution in [0.3, 0.4) is 0 Å². The van der Waals surface area contributed by atoms with E-state index in [1.807, 2.05) is 0 Å². The number of hydrogen-bond donors (Lipinski definition) is 0. The van der Waals surface area contributed by atoms with Crippen LogP contribution in [0.25, 0.3) is 0 Å². The topological polar surface area (TPSA) is 96.3 Å². The first kappa shape index (κ1) is 21.3. The molecule has 0 aliphatic carbocycles. The number of imide groups is 1. The lowest BCUT2D eigenvalue weighted by Crippen LogP contribution is -2.46. The van der Waals surface area contributed by atoms with Crippen LogP contribution in [0.15, 0.2) is 70.3 Å². The lowest BCUT2D eigenvalue weighted by atomic mass is 9.86. The Bertz CT molecular complexity index is 1220. The summed E-state index contributed by atoms with van der Waals surface area (Å²) in [4.78, 5) is 52.9. The predicted molar refractivity (Wildman–Crippen MR) is 123 cm³/mol. The van der Waals surface area contributed by atoms with Gasteiger partial charge in [0.15, 0.2) is 5.78 Å². The van der Waals surface area contributed by atoms with Gasteiger partial charge in [0.2, 0.25) is 11.8 Å². The molecule has 3 aliphatic rings. The molecule has 0 bridgehead atoms. The Morgan fingerprint density at radius 1 is 0.970 bits per heavy atom. The first-order valence-corrected chi connectivity index (χ1v) is 11.1. The number of anilines is 1. The summed E-state index contributed by atoms with van der Waals surface area (Å²) in [7, 11) is 0. The molecule has 0 unspecified atom stereocenters. The highest BCUT2D eigenvalue weighted by molar-refractivity contribution is 9.10. The van der Waals surface area contributed by atoms with Gasteiger partial charge in [-0.1, -0.05) is 22.0 Å². The second-order valence-corrected chi connectivity index (χ2v) is 8.90. The number of carbonyl (C=O) groups excluding carboxylic acids is 4. The Balaban J connectivity index is 1.51. The Hall–Kier alpha value is -3.59. The number of ether oxygens (including phenoxy) is 1. The fourth-order valence-corrected chi connectivity index (χ4v) is 4.97. The number of amides is 2. The molecule has 0 spiro atoms. The summed E-state index contributed by atoms with van der Waals surface area (Å²) in [5.41, 5.74) is 0.803. The number of carbonyl (C=O) groups is 4. The van der Waals surface area contributed by atoms with Crippen molar-refractivity contribution < 1.29 is 23.9 Å². The number of ketones is 1. The van der Waals surface area contributed by atoms with Crippen molar-refractivity contribution in [3.63, 3.8) is 0 Å². The van der Waals surface area contributed by atoms with Crippen LogP contribution in [0.4, 0.5) is 5.69 Å². The fourth-order valence-electron chi connectivity index (χ4n) is 4.71. The Morgan fingerprint density at radius 2 is 1.64 bits per heavy atom. The van der Waals surface area contributed by atoms with E-state index in [2.05, 4.69) is 21.0 Å². The molecule has 0 saturated carbocycles. The number of nitrogens with zero attached hydrogens (tertiary/aromatic N) is 3. The molecule has 2 saturated heterocycles. The largest absolute Gasteiger partial charge is 0.427 e. The van der Waals surface area contributed by atoms with Crippen LogP contribution in [-0.2, 0) is 14.4 Å². The molecule has 3 aliphatic heterocycles. The third kappa shape index (κ3) is 3.48. The van der Waals surface area contributed by atoms with Crippen LogP contribution in [0.2, 0.25) is 0 Å². The van der Waals surface area contributed by atoms with Gasteiger partial charge in [-0.05, 0) is 54.6 Å². The second-order valence-electron chi connectivity index (χ2n) is 7.99. The monoisotopic (exact) mass is 507 g/mol. The van der Waals surface area contributed by atoms with Gasteiger partial charge in [-0.25, -0.2) is 4.90 Å². The smallest absolute Gasteiger partial charge is 0.308 e. The zero-order valence-corrected chi connectivity index (χ0v) is 19.0. The zero-order valence-electron chi connectivity index (χ0n) is 17.4. The first-order valence-electron chi connectivity index (χ1n) is 10.3. The fraction of sp³-hybridized carbons (Fsp3) is 0.208. The summed E-state index contributed by atoms with van der Waals surface area (Å²) >= 11 is 3.36. The average Bonchev–Trinajstić information content (AvgIpc) is 3.27. The molecule has 0 N–H and O–H groups in total. The van der Waals surface area contributed by atoms with Gasteiger partial charge in [0.25, 0.3) is 0 Å². The van der Waals surface area contributed by atoms with Gasteiger partial charge >= 0.3 is 5.97 Å². The minimum Gasteiger partial charge on any atom is -0.427 e. The van der Waals surface area contributed by atoms with E-state index in [0.717, 1.165) is 4.47 Å². The van der Waals surface area contributed by atoms with Crippen molar-refractivity contribution in [2.75, 3.05) is 4.90 Å². The predicted octanol–water partition coefficient (Wildman–Crippen LogP) is 2.97. The van der Waals surface area contributed by atoms with Crippen molar-refractivity contribution in [3.05, 3.63) is 70.7 Å². The minimum absolute atomic E-state index is 0.314. The summed E-state index contributed by atoms with van der Waals surface area (Å²) in [6.45, 7) is 1.29. The van der Waals surface area contributed by atoms with Crippen LogP contribution in [0.1, 0.15) is 17.3 Å². The molecule has 2 aromatic carbocycles. The number of benzene rings is 2. The lowest BCUT2D eigenvalue weighted by molar-refractivity contribution is -0.132. The van der Waals surface area contributed by atoms with E-state index in [1.54, 1.807) is 59.8 Å². The van der Waals surface area contributed by atoms with Crippen molar-refractivity contribution in [2.45, 2.75) is 19.0 Å². The van der Waals surface area contributed by atoms with Crippen LogP contribution < -0.4 is 9.64 Å². The molecule has 2 fully saturated rings. The number of rotatable bonds is 4. The van der Waals surface area contributed by atoms with Crippen LogP contribution in [-0.4, -0.2) is 46.9 Å². The standard InChI is InChI=1S/C24H18BrN3O5/c1-13(29)33-17-10-4-14(5-11-17)22(30)21-20-19(18-3-2-12-26-28(18)21)23(31)27(24(20)32)16-8-6-15(25)7-9-16/h2-12,18-21H,1H3/t18-,19-,20-,21+/m0/s1. The number of hydrogen-bond acceptors (Lipinski definition) is 7. The molecule has 8 nitrogen and oxygen atoms in total. The molecule has 0 aromatic heterocycles.